The summed E-state index contributed by atoms with van der Waals surface area (Å²) >= 11 is 0. The molecule has 0 N–H and O–H groups in total. The van der Waals surface area contributed by atoms with Crippen LogP contribution >= 0.6 is 0 Å². The fourth-order valence-electron chi connectivity index (χ4n) is 3.33. The molecule has 1 aliphatic heterocycles. The van der Waals surface area contributed by atoms with Gasteiger partial charge in [0, 0.05) is 25.2 Å². The summed E-state index contributed by atoms with van der Waals surface area (Å²) in [4.78, 5) is 16.7. The van der Waals surface area contributed by atoms with Crippen molar-refractivity contribution in [1.82, 2.24) is 9.80 Å². The van der Waals surface area contributed by atoms with E-state index in [-0.39, 0.29) is 6.09 Å². The molecule has 1 heterocycles. The summed E-state index contributed by atoms with van der Waals surface area (Å²) in [5.41, 5.74) is 0.861. The van der Waals surface area contributed by atoms with Gasteiger partial charge in [-0.25, -0.2) is 4.79 Å². The first-order valence-electron chi connectivity index (χ1n) is 8.94. The summed E-state index contributed by atoms with van der Waals surface area (Å²) in [7, 11) is 2.16. The highest BCUT2D eigenvalue weighted by molar-refractivity contribution is 5.68. The highest BCUT2D eigenvalue weighted by Gasteiger charge is 2.35. The maximum atomic E-state index is 12.4. The number of ether oxygens (including phenoxy) is 1. The van der Waals surface area contributed by atoms with E-state index in [1.54, 1.807) is 0 Å². The average Bonchev–Trinajstić information content (AvgIpc) is 2.53. The Morgan fingerprint density at radius 3 is 2.50 bits per heavy atom. The Hall–Kier alpha value is -1.55. The van der Waals surface area contributed by atoms with Crippen molar-refractivity contribution in [2.24, 2.45) is 5.92 Å². The SMILES string of the molecule is C[C@@H]1CCN(C(=O)OC(C)(C)C)C[C@@H]1N(C)[C@H](C)c1ccccc1. The van der Waals surface area contributed by atoms with E-state index in [1.807, 2.05) is 31.7 Å². The molecule has 3 atom stereocenters. The molecule has 1 aliphatic rings. The number of piperidine rings is 1. The molecule has 1 aromatic rings. The molecular formula is C20H32N2O2. The summed E-state index contributed by atoms with van der Waals surface area (Å²) in [6.07, 6.45) is 0.815. The van der Waals surface area contributed by atoms with Crippen LogP contribution in [0.4, 0.5) is 4.79 Å². The van der Waals surface area contributed by atoms with Gasteiger partial charge in [-0.2, -0.15) is 0 Å². The molecule has 0 spiro atoms. The zero-order valence-electron chi connectivity index (χ0n) is 16.0. The smallest absolute Gasteiger partial charge is 0.410 e. The van der Waals surface area contributed by atoms with Gasteiger partial charge in [0.2, 0.25) is 0 Å². The van der Waals surface area contributed by atoms with Crippen LogP contribution in [0.3, 0.4) is 0 Å². The number of rotatable bonds is 3. The van der Waals surface area contributed by atoms with Gasteiger partial charge in [0.15, 0.2) is 0 Å². The van der Waals surface area contributed by atoms with Crippen LogP contribution in [0.15, 0.2) is 30.3 Å². The minimum atomic E-state index is -0.446. The fraction of sp³-hybridized carbons (Fsp3) is 0.650. The Balaban J connectivity index is 2.06. The van der Waals surface area contributed by atoms with E-state index >= 15 is 0 Å². The van der Waals surface area contributed by atoms with Gasteiger partial charge in [-0.1, -0.05) is 37.3 Å². The molecule has 4 heteroatoms. The highest BCUT2D eigenvalue weighted by Crippen LogP contribution is 2.29. The zero-order valence-corrected chi connectivity index (χ0v) is 16.0. The van der Waals surface area contributed by atoms with E-state index in [2.05, 4.69) is 50.1 Å². The van der Waals surface area contributed by atoms with E-state index < -0.39 is 5.60 Å². The van der Waals surface area contributed by atoms with Crippen LogP contribution in [0, 0.1) is 5.92 Å². The van der Waals surface area contributed by atoms with E-state index in [9.17, 15) is 4.79 Å². The van der Waals surface area contributed by atoms with Crippen LogP contribution in [-0.2, 0) is 4.74 Å². The summed E-state index contributed by atoms with van der Waals surface area (Å²) in [6.45, 7) is 11.8. The molecule has 1 fully saturated rings. The van der Waals surface area contributed by atoms with Gasteiger partial charge in [0.05, 0.1) is 0 Å². The second kappa shape index (κ2) is 7.56. The third-order valence-corrected chi connectivity index (χ3v) is 4.99. The largest absolute Gasteiger partial charge is 0.444 e. The van der Waals surface area contributed by atoms with Crippen molar-refractivity contribution in [2.75, 3.05) is 20.1 Å². The molecular weight excluding hydrogens is 300 g/mol. The van der Waals surface area contributed by atoms with Crippen molar-refractivity contribution in [3.63, 3.8) is 0 Å². The number of amides is 1. The van der Waals surface area contributed by atoms with Crippen LogP contribution in [0.5, 0.6) is 0 Å². The Morgan fingerprint density at radius 2 is 1.92 bits per heavy atom. The van der Waals surface area contributed by atoms with Crippen molar-refractivity contribution < 1.29 is 9.53 Å². The zero-order chi connectivity index (χ0) is 17.9. The number of nitrogens with zero attached hydrogens (tertiary/aromatic N) is 2. The molecule has 1 amide bonds. The van der Waals surface area contributed by atoms with Gasteiger partial charge < -0.3 is 9.64 Å². The first kappa shape index (κ1) is 18.8. The molecule has 4 nitrogen and oxygen atoms in total. The standard InChI is InChI=1S/C20H32N2O2/c1-15-12-13-22(19(23)24-20(3,4)5)14-18(15)21(6)16(2)17-10-8-7-9-11-17/h7-11,15-16,18H,12-14H2,1-6H3/t15-,16-,18+/m1/s1. The molecule has 0 saturated carbocycles. The van der Waals surface area contributed by atoms with Crippen LogP contribution in [0.25, 0.3) is 0 Å². The van der Waals surface area contributed by atoms with E-state index in [0.717, 1.165) is 19.5 Å². The number of benzene rings is 1. The Morgan fingerprint density at radius 1 is 1.29 bits per heavy atom. The predicted molar refractivity (Wildman–Crippen MR) is 98.0 cm³/mol. The maximum absolute atomic E-state index is 12.4. The second-order valence-corrected chi connectivity index (χ2v) is 8.01. The van der Waals surface area contributed by atoms with Crippen LogP contribution in [-0.4, -0.2) is 47.7 Å². The van der Waals surface area contributed by atoms with Crippen molar-refractivity contribution in [1.29, 1.82) is 0 Å². The first-order valence-corrected chi connectivity index (χ1v) is 8.94. The third-order valence-electron chi connectivity index (χ3n) is 4.99. The molecule has 0 bridgehead atoms. The molecule has 24 heavy (non-hydrogen) atoms. The topological polar surface area (TPSA) is 32.8 Å². The Kier molecular flexibility index (Phi) is 5.92. The quantitative estimate of drug-likeness (QED) is 0.826. The van der Waals surface area contributed by atoms with Crippen LogP contribution in [0.2, 0.25) is 0 Å². The van der Waals surface area contributed by atoms with E-state index in [1.165, 1.54) is 5.56 Å². The Bertz CT molecular complexity index is 538. The number of carbonyl (C=O) groups is 1. The van der Waals surface area contributed by atoms with Gasteiger partial charge in [-0.15, -0.1) is 0 Å². The van der Waals surface area contributed by atoms with E-state index in [4.69, 9.17) is 4.74 Å². The molecule has 1 saturated heterocycles. The van der Waals surface area contributed by atoms with Crippen molar-refractivity contribution in [3.05, 3.63) is 35.9 Å². The minimum absolute atomic E-state index is 0.194. The molecule has 0 radical (unpaired) electrons. The van der Waals surface area contributed by atoms with Gasteiger partial charge >= 0.3 is 6.09 Å². The number of hydrogen-bond donors (Lipinski definition) is 0. The number of likely N-dealkylation sites (N-methyl/N-ethyl adjacent to an activating group) is 1. The summed E-state index contributed by atoms with van der Waals surface area (Å²) < 4.78 is 5.55. The summed E-state index contributed by atoms with van der Waals surface area (Å²) in [5.74, 6) is 0.555. The minimum Gasteiger partial charge on any atom is -0.444 e. The van der Waals surface area contributed by atoms with Crippen molar-refractivity contribution in [2.45, 2.75) is 58.7 Å². The second-order valence-electron chi connectivity index (χ2n) is 8.01. The number of hydrogen-bond acceptors (Lipinski definition) is 3. The fourth-order valence-corrected chi connectivity index (χ4v) is 3.33. The molecule has 0 unspecified atom stereocenters. The van der Waals surface area contributed by atoms with Crippen molar-refractivity contribution >= 4 is 6.09 Å². The van der Waals surface area contributed by atoms with Gasteiger partial charge in [-0.3, -0.25) is 4.90 Å². The highest BCUT2D eigenvalue weighted by atomic mass is 16.6. The molecule has 0 aliphatic carbocycles. The monoisotopic (exact) mass is 332 g/mol. The van der Waals surface area contributed by atoms with Crippen molar-refractivity contribution in [3.8, 4) is 0 Å². The lowest BCUT2D eigenvalue weighted by atomic mass is 9.91. The lowest BCUT2D eigenvalue weighted by Gasteiger charge is -2.44. The van der Waals surface area contributed by atoms with Gasteiger partial charge in [0.1, 0.15) is 5.60 Å². The van der Waals surface area contributed by atoms with Crippen LogP contribution < -0.4 is 0 Å². The summed E-state index contributed by atoms with van der Waals surface area (Å²) in [6, 6.07) is 11.2. The normalized spacial score (nSPS) is 23.2. The molecule has 134 valence electrons. The predicted octanol–water partition coefficient (Wildman–Crippen LogP) is 4.32. The average molecular weight is 332 g/mol. The molecule has 0 aromatic heterocycles. The summed E-state index contributed by atoms with van der Waals surface area (Å²) in [5, 5.41) is 0. The first-order chi connectivity index (χ1) is 11.2. The number of likely N-dealkylation sites (tertiary alicyclic amines) is 1. The lowest BCUT2D eigenvalue weighted by molar-refractivity contribution is 0.000389. The van der Waals surface area contributed by atoms with Crippen LogP contribution in [0.1, 0.15) is 52.6 Å². The lowest BCUT2D eigenvalue weighted by Crippen LogP contribution is -2.53. The van der Waals surface area contributed by atoms with E-state index in [0.29, 0.717) is 18.0 Å². The number of carbonyl (C=O) groups excluding carboxylic acids is 1. The Labute approximate surface area is 146 Å². The van der Waals surface area contributed by atoms with Gasteiger partial charge in [-0.05, 0) is 52.6 Å². The maximum Gasteiger partial charge on any atom is 0.410 e. The third kappa shape index (κ3) is 4.73. The molecule has 2 rings (SSSR count). The van der Waals surface area contributed by atoms with Gasteiger partial charge in [0.25, 0.3) is 0 Å². The molecule has 1 aromatic carbocycles.